The Morgan fingerprint density at radius 2 is 2.10 bits per heavy atom. The van der Waals surface area contributed by atoms with Gasteiger partial charge in [0.15, 0.2) is 11.5 Å². The van der Waals surface area contributed by atoms with Crippen molar-refractivity contribution in [2.45, 2.75) is 6.04 Å². The first-order valence-corrected chi connectivity index (χ1v) is 6.87. The van der Waals surface area contributed by atoms with Crippen LogP contribution in [0.25, 0.3) is 10.6 Å². The van der Waals surface area contributed by atoms with E-state index in [1.165, 1.54) is 11.3 Å². The van der Waals surface area contributed by atoms with Crippen LogP contribution in [-0.2, 0) is 4.79 Å². The van der Waals surface area contributed by atoms with Gasteiger partial charge in [-0.05, 0) is 18.2 Å². The third-order valence-electron chi connectivity index (χ3n) is 2.90. The molecule has 0 saturated heterocycles. The van der Waals surface area contributed by atoms with Gasteiger partial charge in [0.1, 0.15) is 24.3 Å². The number of ether oxygens (including phenoxy) is 2. The van der Waals surface area contributed by atoms with E-state index in [1.807, 2.05) is 18.2 Å². The number of carbonyl (C=O) groups is 1. The molecule has 104 valence electrons. The molecule has 0 bridgehead atoms. The van der Waals surface area contributed by atoms with Crippen molar-refractivity contribution in [3.05, 3.63) is 29.3 Å². The van der Waals surface area contributed by atoms with E-state index < -0.39 is 12.0 Å². The van der Waals surface area contributed by atoms with E-state index in [4.69, 9.17) is 20.3 Å². The van der Waals surface area contributed by atoms with Crippen molar-refractivity contribution in [3.63, 3.8) is 0 Å². The fraction of sp³-hybridized carbons (Fsp3) is 0.231. The molecule has 0 spiro atoms. The Labute approximate surface area is 118 Å². The summed E-state index contributed by atoms with van der Waals surface area (Å²) < 4.78 is 11.0. The Balaban J connectivity index is 1.91. The van der Waals surface area contributed by atoms with Crippen LogP contribution in [0.2, 0.25) is 0 Å². The largest absolute Gasteiger partial charge is 0.486 e. The Morgan fingerprint density at radius 1 is 1.35 bits per heavy atom. The maximum Gasteiger partial charge on any atom is 0.326 e. The van der Waals surface area contributed by atoms with E-state index in [-0.39, 0.29) is 0 Å². The lowest BCUT2D eigenvalue weighted by molar-refractivity contribution is -0.138. The second kappa shape index (κ2) is 5.10. The predicted octanol–water partition coefficient (Wildman–Crippen LogP) is 1.67. The molecule has 3 N–H and O–H groups in total. The van der Waals surface area contributed by atoms with Gasteiger partial charge in [0, 0.05) is 10.9 Å². The van der Waals surface area contributed by atoms with Gasteiger partial charge in [-0.1, -0.05) is 0 Å². The summed E-state index contributed by atoms with van der Waals surface area (Å²) in [4.78, 5) is 15.1. The minimum atomic E-state index is -1.10. The van der Waals surface area contributed by atoms with Crippen LogP contribution in [0.1, 0.15) is 11.7 Å². The van der Waals surface area contributed by atoms with Gasteiger partial charge in [0.05, 0.1) is 5.69 Å². The third-order valence-corrected chi connectivity index (χ3v) is 3.81. The molecule has 2 aromatic rings. The predicted molar refractivity (Wildman–Crippen MR) is 73.1 cm³/mol. The zero-order valence-corrected chi connectivity index (χ0v) is 11.2. The SMILES string of the molecule is NC(C(=O)O)c1csc(-c2ccc3c(c2)OCCO3)n1. The second-order valence-electron chi connectivity index (χ2n) is 4.25. The number of aliphatic carboxylic acids is 1. The van der Waals surface area contributed by atoms with Crippen LogP contribution in [-0.4, -0.2) is 29.3 Å². The molecule has 1 unspecified atom stereocenters. The smallest absolute Gasteiger partial charge is 0.326 e. The highest BCUT2D eigenvalue weighted by atomic mass is 32.1. The van der Waals surface area contributed by atoms with E-state index >= 15 is 0 Å². The molecule has 20 heavy (non-hydrogen) atoms. The monoisotopic (exact) mass is 292 g/mol. The van der Waals surface area contributed by atoms with Crippen molar-refractivity contribution in [2.24, 2.45) is 5.73 Å². The Morgan fingerprint density at radius 3 is 2.85 bits per heavy atom. The van der Waals surface area contributed by atoms with Gasteiger partial charge in [-0.15, -0.1) is 11.3 Å². The van der Waals surface area contributed by atoms with Crippen molar-refractivity contribution < 1.29 is 19.4 Å². The van der Waals surface area contributed by atoms with Crippen LogP contribution in [0.4, 0.5) is 0 Å². The lowest BCUT2D eigenvalue weighted by Gasteiger charge is -2.18. The minimum Gasteiger partial charge on any atom is -0.486 e. The number of benzene rings is 1. The summed E-state index contributed by atoms with van der Waals surface area (Å²) in [5, 5.41) is 11.2. The lowest BCUT2D eigenvalue weighted by Crippen LogP contribution is -2.20. The number of hydrogen-bond donors (Lipinski definition) is 2. The van der Waals surface area contributed by atoms with Crippen molar-refractivity contribution >= 4 is 17.3 Å². The number of hydrogen-bond acceptors (Lipinski definition) is 6. The summed E-state index contributed by atoms with van der Waals surface area (Å²) in [5.41, 5.74) is 6.74. The number of fused-ring (bicyclic) bond motifs is 1. The normalized spacial score (nSPS) is 14.8. The van der Waals surface area contributed by atoms with Gasteiger partial charge >= 0.3 is 5.97 Å². The highest BCUT2D eigenvalue weighted by Crippen LogP contribution is 2.35. The van der Waals surface area contributed by atoms with Crippen LogP contribution in [0, 0.1) is 0 Å². The molecule has 1 aromatic heterocycles. The van der Waals surface area contributed by atoms with Crippen molar-refractivity contribution in [1.82, 2.24) is 4.98 Å². The fourth-order valence-corrected chi connectivity index (χ4v) is 2.72. The molecular formula is C13H12N2O4S. The average molecular weight is 292 g/mol. The zero-order chi connectivity index (χ0) is 14.1. The van der Waals surface area contributed by atoms with Crippen LogP contribution in [0.3, 0.4) is 0 Å². The Bertz CT molecular complexity index is 656. The lowest BCUT2D eigenvalue weighted by atomic mass is 10.2. The van der Waals surface area contributed by atoms with E-state index in [0.717, 1.165) is 5.56 Å². The van der Waals surface area contributed by atoms with Gasteiger partial charge in [-0.25, -0.2) is 4.98 Å². The first-order valence-electron chi connectivity index (χ1n) is 5.99. The quantitative estimate of drug-likeness (QED) is 0.893. The molecule has 0 saturated carbocycles. The molecule has 7 heteroatoms. The number of carboxylic acids is 1. The van der Waals surface area contributed by atoms with Crippen LogP contribution >= 0.6 is 11.3 Å². The molecule has 1 aliphatic rings. The average Bonchev–Trinajstić information content (AvgIpc) is 2.95. The number of thiazole rings is 1. The summed E-state index contributed by atoms with van der Waals surface area (Å²) in [6, 6.07) is 4.42. The van der Waals surface area contributed by atoms with Gasteiger partial charge in [-0.3, -0.25) is 4.79 Å². The minimum absolute atomic E-state index is 0.354. The molecule has 3 rings (SSSR count). The number of nitrogens with two attached hydrogens (primary N) is 1. The van der Waals surface area contributed by atoms with Crippen LogP contribution < -0.4 is 15.2 Å². The van der Waals surface area contributed by atoms with Gasteiger partial charge in [0.25, 0.3) is 0 Å². The first kappa shape index (κ1) is 12.9. The standard InChI is InChI=1S/C13H12N2O4S/c14-11(13(16)17)8-6-20-12(15-8)7-1-2-9-10(5-7)19-4-3-18-9/h1-2,5-6,11H,3-4,14H2,(H,16,17). The Hall–Kier alpha value is -2.12. The zero-order valence-electron chi connectivity index (χ0n) is 10.4. The summed E-state index contributed by atoms with van der Waals surface area (Å²) in [5.74, 6) is 0.288. The fourth-order valence-electron chi connectivity index (χ4n) is 1.86. The van der Waals surface area contributed by atoms with Gasteiger partial charge in [0.2, 0.25) is 0 Å². The number of nitrogens with zero attached hydrogens (tertiary/aromatic N) is 1. The molecule has 0 aliphatic carbocycles. The third kappa shape index (κ3) is 2.33. The summed E-state index contributed by atoms with van der Waals surface area (Å²) in [6.45, 7) is 1.06. The molecule has 0 fully saturated rings. The number of rotatable bonds is 3. The highest BCUT2D eigenvalue weighted by Gasteiger charge is 2.19. The van der Waals surface area contributed by atoms with Crippen LogP contribution in [0.5, 0.6) is 11.5 Å². The van der Waals surface area contributed by atoms with Crippen molar-refractivity contribution in [2.75, 3.05) is 13.2 Å². The second-order valence-corrected chi connectivity index (χ2v) is 5.11. The highest BCUT2D eigenvalue weighted by molar-refractivity contribution is 7.13. The molecule has 0 radical (unpaired) electrons. The maximum atomic E-state index is 10.8. The Kier molecular flexibility index (Phi) is 3.29. The molecule has 1 atom stereocenters. The van der Waals surface area contributed by atoms with E-state index in [9.17, 15) is 4.79 Å². The maximum absolute atomic E-state index is 10.8. The first-order chi connectivity index (χ1) is 9.65. The molecule has 0 amide bonds. The summed E-state index contributed by atoms with van der Waals surface area (Å²) in [6.07, 6.45) is 0. The topological polar surface area (TPSA) is 94.7 Å². The van der Waals surface area contributed by atoms with Crippen molar-refractivity contribution in [1.29, 1.82) is 0 Å². The van der Waals surface area contributed by atoms with E-state index in [2.05, 4.69) is 4.98 Å². The van der Waals surface area contributed by atoms with Crippen molar-refractivity contribution in [3.8, 4) is 22.1 Å². The molecule has 1 aromatic carbocycles. The number of aromatic nitrogens is 1. The van der Waals surface area contributed by atoms with Crippen LogP contribution in [0.15, 0.2) is 23.6 Å². The number of carboxylic acid groups (broad SMARTS) is 1. The van der Waals surface area contributed by atoms with E-state index in [0.29, 0.717) is 35.4 Å². The van der Waals surface area contributed by atoms with Gasteiger partial charge in [-0.2, -0.15) is 0 Å². The summed E-state index contributed by atoms with van der Waals surface area (Å²) >= 11 is 1.35. The van der Waals surface area contributed by atoms with E-state index in [1.54, 1.807) is 5.38 Å². The van der Waals surface area contributed by atoms with Gasteiger partial charge < -0.3 is 20.3 Å². The molecular weight excluding hydrogens is 280 g/mol. The molecule has 2 heterocycles. The molecule has 1 aliphatic heterocycles. The molecule has 6 nitrogen and oxygen atoms in total. The summed E-state index contributed by atoms with van der Waals surface area (Å²) in [7, 11) is 0.